The third-order valence-electron chi connectivity index (χ3n) is 5.01. The fourth-order valence-corrected chi connectivity index (χ4v) is 5.25. The molecular weight excluding hydrogens is 558 g/mol. The Balaban J connectivity index is 5.24. The number of carbonyl (C=O) groups excluding carboxylic acids is 4. The number of aliphatic carboxylic acids is 2. The molecule has 0 saturated heterocycles. The van der Waals surface area contributed by atoms with Crippen molar-refractivity contribution in [2.75, 3.05) is 0 Å². The topological polar surface area (TPSA) is 280 Å². The van der Waals surface area contributed by atoms with E-state index < -0.39 is 72.9 Å². The van der Waals surface area contributed by atoms with Gasteiger partial charge in [-0.25, -0.2) is 4.79 Å². The molecule has 0 aliphatic heterocycles. The Hall–Kier alpha value is -2.96. The number of esters is 3. The normalized spacial score (nSPS) is 11.9. The van der Waals surface area contributed by atoms with Crippen molar-refractivity contribution in [2.45, 2.75) is 87.5 Å². The van der Waals surface area contributed by atoms with Crippen molar-refractivity contribution in [1.82, 2.24) is 0 Å². The highest BCUT2D eigenvalue weighted by atomic mass is 32.3. The molecule has 0 spiro atoms. The summed E-state index contributed by atoms with van der Waals surface area (Å²) in [5, 5.41) is 26.5. The van der Waals surface area contributed by atoms with Crippen LogP contribution in [-0.4, -0.2) is 70.9 Å². The van der Waals surface area contributed by atoms with Crippen LogP contribution in [0.4, 0.5) is 0 Å². The lowest BCUT2D eigenvalue weighted by atomic mass is 10.1. The van der Waals surface area contributed by atoms with E-state index in [0.29, 0.717) is 32.1 Å². The number of carboxylic acid groups (broad SMARTS) is 2. The van der Waals surface area contributed by atoms with Gasteiger partial charge in [0, 0.05) is 25.2 Å². The third kappa shape index (κ3) is 12.5. The number of carboxylic acids is 2. The molecule has 18 heteroatoms. The first-order chi connectivity index (χ1) is 17.4. The van der Waals surface area contributed by atoms with Crippen molar-refractivity contribution in [1.29, 1.82) is 5.41 Å². The van der Waals surface area contributed by atoms with Crippen LogP contribution in [0, 0.1) is 5.41 Å². The molecule has 0 aromatic rings. The monoisotopic (exact) mass is 588 g/mol. The van der Waals surface area contributed by atoms with Crippen molar-refractivity contribution in [3.8, 4) is 0 Å². The van der Waals surface area contributed by atoms with Crippen LogP contribution in [0.25, 0.3) is 0 Å². The largest absolute Gasteiger partial charge is 0.550 e. The van der Waals surface area contributed by atoms with Crippen LogP contribution in [-0.2, 0) is 53.7 Å². The Bertz CT molecular complexity index is 1060. The van der Waals surface area contributed by atoms with Gasteiger partial charge in [-0.3, -0.25) is 28.9 Å². The van der Waals surface area contributed by atoms with Crippen molar-refractivity contribution in [3.63, 3.8) is 0 Å². The minimum Gasteiger partial charge on any atom is -0.550 e. The molecule has 0 heterocycles. The first kappa shape index (κ1) is 35.0. The fraction of sp³-hybridized carbons (Fsp3) is 0.700. The van der Waals surface area contributed by atoms with Gasteiger partial charge in [0.15, 0.2) is 5.90 Å². The summed E-state index contributed by atoms with van der Waals surface area (Å²) in [6.45, 7) is 0. The molecule has 218 valence electrons. The average Bonchev–Trinajstić information content (AvgIpc) is 2.74. The summed E-state index contributed by atoms with van der Waals surface area (Å²) in [5.41, 5.74) is 0. The molecule has 0 rings (SSSR count). The zero-order chi connectivity index (χ0) is 29.6. The first-order valence-corrected chi connectivity index (χ1v) is 14.2. The highest BCUT2D eigenvalue weighted by Crippen LogP contribution is 2.30. The van der Waals surface area contributed by atoms with Crippen molar-refractivity contribution in [3.05, 3.63) is 0 Å². The van der Waals surface area contributed by atoms with Gasteiger partial charge in [0.25, 0.3) is 20.2 Å². The number of unbranched alkanes of at least 4 members (excludes halogenated alkanes) is 6. The van der Waals surface area contributed by atoms with E-state index in [-0.39, 0.29) is 38.5 Å². The summed E-state index contributed by atoms with van der Waals surface area (Å²) < 4.78 is 71.1. The van der Waals surface area contributed by atoms with E-state index in [2.05, 4.69) is 9.47 Å². The molecular formula is C20H30NO15S2-. The minimum atomic E-state index is -6.14. The van der Waals surface area contributed by atoms with Crippen LogP contribution in [0.2, 0.25) is 0 Å². The van der Waals surface area contributed by atoms with E-state index in [1.165, 1.54) is 0 Å². The molecule has 16 nitrogen and oxygen atoms in total. The fourth-order valence-electron chi connectivity index (χ4n) is 3.06. The zero-order valence-electron chi connectivity index (χ0n) is 20.2. The van der Waals surface area contributed by atoms with Crippen molar-refractivity contribution in [2.24, 2.45) is 0 Å². The SMILES string of the molecule is N=C(CC(C(=O)OC(=O)CCCCCCC(=O)O)(S(=O)(=O)O)S(=O)(=O)O)OC(=O)CCCCCCC(=O)[O-]. The van der Waals surface area contributed by atoms with Crippen LogP contribution in [0.5, 0.6) is 0 Å². The summed E-state index contributed by atoms with van der Waals surface area (Å²) in [7, 11) is -12.3. The lowest BCUT2D eigenvalue weighted by molar-refractivity contribution is -0.305. The molecule has 0 radical (unpaired) electrons. The Morgan fingerprint density at radius 3 is 1.47 bits per heavy atom. The second kappa shape index (κ2) is 16.1. The Morgan fingerprint density at radius 1 is 0.684 bits per heavy atom. The molecule has 0 aliphatic rings. The van der Waals surface area contributed by atoms with Crippen molar-refractivity contribution >= 4 is 56.0 Å². The summed E-state index contributed by atoms with van der Waals surface area (Å²) in [6, 6.07) is 0. The van der Waals surface area contributed by atoms with Gasteiger partial charge in [-0.05, 0) is 32.1 Å². The molecule has 0 aromatic heterocycles. The molecule has 0 bridgehead atoms. The van der Waals surface area contributed by atoms with Gasteiger partial charge in [-0.15, -0.1) is 0 Å². The van der Waals surface area contributed by atoms with E-state index in [4.69, 9.17) is 10.5 Å². The third-order valence-corrected chi connectivity index (χ3v) is 8.57. The molecule has 0 saturated carbocycles. The summed E-state index contributed by atoms with van der Waals surface area (Å²) in [6.07, 6.45) is -0.900. The standard InChI is InChI=1S/C20H31NO15S2/c21-14(35-17(26)11-7-3-1-5-9-15(22)23)13-20(37(29,30)31,38(32,33)34)19(28)36-18(27)12-8-4-2-6-10-16(24)25/h21H,1-13H2,(H,22,23)(H,24,25)(H,29,30,31)(H,32,33,34)/p-1. The number of rotatable bonds is 19. The number of hydrogen-bond donors (Lipinski definition) is 4. The van der Waals surface area contributed by atoms with Gasteiger partial charge in [0.2, 0.25) is 0 Å². The Labute approximate surface area is 218 Å². The van der Waals surface area contributed by atoms with Crippen LogP contribution in [0.3, 0.4) is 0 Å². The maximum absolute atomic E-state index is 12.5. The van der Waals surface area contributed by atoms with Gasteiger partial charge >= 0.3 is 28.0 Å². The van der Waals surface area contributed by atoms with Crippen LogP contribution >= 0.6 is 0 Å². The van der Waals surface area contributed by atoms with Gasteiger partial charge in [0.1, 0.15) is 0 Å². The Kier molecular flexibility index (Phi) is 14.8. The summed E-state index contributed by atoms with van der Waals surface area (Å²) >= 11 is 0. The molecule has 0 aromatic carbocycles. The van der Waals surface area contributed by atoms with Gasteiger partial charge in [0.05, 0.1) is 6.42 Å². The highest BCUT2D eigenvalue weighted by Gasteiger charge is 2.64. The van der Waals surface area contributed by atoms with Gasteiger partial charge in [-0.1, -0.05) is 25.7 Å². The number of ether oxygens (including phenoxy) is 2. The van der Waals surface area contributed by atoms with E-state index in [0.717, 1.165) is 0 Å². The molecule has 38 heavy (non-hydrogen) atoms. The van der Waals surface area contributed by atoms with Crippen LogP contribution in [0.1, 0.15) is 83.5 Å². The van der Waals surface area contributed by atoms with E-state index in [9.17, 15) is 55.0 Å². The second-order valence-corrected chi connectivity index (χ2v) is 11.7. The lowest BCUT2D eigenvalue weighted by Gasteiger charge is -2.24. The summed E-state index contributed by atoms with van der Waals surface area (Å²) in [5.74, 6) is -8.79. The number of carbonyl (C=O) groups is 5. The molecule has 0 atom stereocenters. The zero-order valence-corrected chi connectivity index (χ0v) is 21.9. The summed E-state index contributed by atoms with van der Waals surface area (Å²) in [4.78, 5) is 57.0. The molecule has 0 amide bonds. The quantitative estimate of drug-likeness (QED) is 0.0384. The Morgan fingerprint density at radius 2 is 1.08 bits per heavy atom. The van der Waals surface area contributed by atoms with Crippen LogP contribution < -0.4 is 5.11 Å². The van der Waals surface area contributed by atoms with Crippen LogP contribution in [0.15, 0.2) is 0 Å². The second-order valence-electron chi connectivity index (χ2n) is 8.13. The maximum atomic E-state index is 12.5. The molecule has 4 N–H and O–H groups in total. The smallest absolute Gasteiger partial charge is 0.356 e. The molecule has 0 aliphatic carbocycles. The molecule has 0 unspecified atom stereocenters. The average molecular weight is 589 g/mol. The van der Waals surface area contributed by atoms with Gasteiger partial charge < -0.3 is 24.5 Å². The highest BCUT2D eigenvalue weighted by molar-refractivity contribution is 8.06. The van der Waals surface area contributed by atoms with E-state index >= 15 is 0 Å². The lowest BCUT2D eigenvalue weighted by Crippen LogP contribution is -2.55. The predicted octanol–water partition coefficient (Wildman–Crippen LogP) is -0.0456. The molecule has 0 fully saturated rings. The van der Waals surface area contributed by atoms with Crippen molar-refractivity contribution < 1.29 is 69.6 Å². The number of hydrogen-bond acceptors (Lipinski definition) is 13. The first-order valence-electron chi connectivity index (χ1n) is 11.3. The van der Waals surface area contributed by atoms with Gasteiger partial charge in [-0.2, -0.15) is 16.8 Å². The number of nitrogens with one attached hydrogen (secondary N) is 1. The van der Waals surface area contributed by atoms with E-state index in [1.807, 2.05) is 0 Å². The minimum absolute atomic E-state index is 0.0388. The predicted molar refractivity (Wildman–Crippen MR) is 123 cm³/mol. The van der Waals surface area contributed by atoms with E-state index in [1.54, 1.807) is 0 Å². The maximum Gasteiger partial charge on any atom is 0.356 e.